The Balaban J connectivity index is 3.01. The first-order valence-electron chi connectivity index (χ1n) is 12.5. The van der Waals surface area contributed by atoms with Crippen molar-refractivity contribution in [3.05, 3.63) is 35.9 Å². The Bertz CT molecular complexity index is 864. The molecule has 0 spiro atoms. The van der Waals surface area contributed by atoms with E-state index in [1.165, 1.54) is 6.92 Å². The smallest absolute Gasteiger partial charge is 0.408 e. The van der Waals surface area contributed by atoms with Gasteiger partial charge < -0.3 is 25.4 Å². The average molecular weight is 506 g/mol. The zero-order valence-electron chi connectivity index (χ0n) is 22.8. The van der Waals surface area contributed by atoms with Crippen molar-refractivity contribution in [2.45, 2.75) is 98.6 Å². The van der Waals surface area contributed by atoms with Crippen LogP contribution in [0.15, 0.2) is 30.3 Å². The molecule has 3 atom stereocenters. The lowest BCUT2D eigenvalue weighted by molar-refractivity contribution is -0.150. The fraction of sp³-hybridized carbons (Fsp3) is 0.630. The first-order chi connectivity index (χ1) is 16.7. The van der Waals surface area contributed by atoms with Crippen LogP contribution in [-0.4, -0.2) is 47.8 Å². The molecule has 0 unspecified atom stereocenters. The minimum atomic E-state index is -0.893. The number of rotatable bonds is 12. The summed E-state index contributed by atoms with van der Waals surface area (Å²) in [5.74, 6) is -1.29. The number of alkyl carbamates (subject to hydrolysis) is 1. The van der Waals surface area contributed by atoms with Crippen LogP contribution in [0.4, 0.5) is 4.79 Å². The number of amides is 3. The van der Waals surface area contributed by atoms with Crippen molar-refractivity contribution < 1.29 is 28.7 Å². The van der Waals surface area contributed by atoms with Gasteiger partial charge in [0, 0.05) is 13.3 Å². The molecular weight excluding hydrogens is 462 g/mol. The quantitative estimate of drug-likeness (QED) is 0.294. The Morgan fingerprint density at radius 3 is 1.78 bits per heavy atom. The third-order valence-electron chi connectivity index (χ3n) is 4.93. The SMILES string of the molecule is CC(=O)O[C@H](Cc1ccccc1)NC(=O)[C@H](CC(C)C)NC(=O)[C@H](CC(C)C)NC(=O)OC(C)(C)C. The molecule has 0 aliphatic rings. The molecule has 0 bridgehead atoms. The summed E-state index contributed by atoms with van der Waals surface area (Å²) in [4.78, 5) is 50.4. The molecule has 9 heteroatoms. The molecule has 0 heterocycles. The van der Waals surface area contributed by atoms with E-state index >= 15 is 0 Å². The molecule has 0 radical (unpaired) electrons. The van der Waals surface area contributed by atoms with Crippen molar-refractivity contribution in [3.63, 3.8) is 0 Å². The molecule has 0 saturated carbocycles. The van der Waals surface area contributed by atoms with Gasteiger partial charge in [-0.15, -0.1) is 0 Å². The van der Waals surface area contributed by atoms with Crippen LogP contribution < -0.4 is 16.0 Å². The molecule has 1 aromatic carbocycles. The van der Waals surface area contributed by atoms with E-state index in [2.05, 4.69) is 16.0 Å². The predicted molar refractivity (Wildman–Crippen MR) is 138 cm³/mol. The summed E-state index contributed by atoms with van der Waals surface area (Å²) in [6, 6.07) is 7.56. The third kappa shape index (κ3) is 13.1. The fourth-order valence-electron chi connectivity index (χ4n) is 3.54. The first kappa shape index (κ1) is 30.9. The number of ether oxygens (including phenoxy) is 2. The number of hydrogen-bond acceptors (Lipinski definition) is 6. The fourth-order valence-corrected chi connectivity index (χ4v) is 3.54. The molecule has 0 aromatic heterocycles. The highest BCUT2D eigenvalue weighted by Gasteiger charge is 2.30. The molecule has 0 aliphatic heterocycles. The van der Waals surface area contributed by atoms with Gasteiger partial charge in [0.2, 0.25) is 11.8 Å². The van der Waals surface area contributed by atoms with Gasteiger partial charge in [-0.3, -0.25) is 14.4 Å². The second-order valence-electron chi connectivity index (χ2n) is 10.8. The number of esters is 1. The number of nitrogens with one attached hydrogen (secondary N) is 3. The number of carbonyl (C=O) groups excluding carboxylic acids is 4. The molecule has 0 fully saturated rings. The molecule has 1 rings (SSSR count). The molecule has 1 aromatic rings. The van der Waals surface area contributed by atoms with Crippen LogP contribution in [0.3, 0.4) is 0 Å². The lowest BCUT2D eigenvalue weighted by Crippen LogP contribution is -2.56. The molecule has 3 amide bonds. The normalized spacial score (nSPS) is 13.9. The van der Waals surface area contributed by atoms with Crippen molar-refractivity contribution in [1.82, 2.24) is 16.0 Å². The zero-order chi connectivity index (χ0) is 27.5. The number of hydrogen-bond donors (Lipinski definition) is 3. The van der Waals surface area contributed by atoms with E-state index in [4.69, 9.17) is 9.47 Å². The number of benzene rings is 1. The zero-order valence-corrected chi connectivity index (χ0v) is 22.8. The van der Waals surface area contributed by atoms with E-state index in [0.29, 0.717) is 12.8 Å². The summed E-state index contributed by atoms with van der Waals surface area (Å²) in [6.45, 7) is 14.2. The Hall–Kier alpha value is -3.10. The molecule has 0 aliphatic carbocycles. The van der Waals surface area contributed by atoms with Crippen LogP contribution in [0.25, 0.3) is 0 Å². The minimum absolute atomic E-state index is 0.0877. The van der Waals surface area contributed by atoms with Crippen molar-refractivity contribution >= 4 is 23.9 Å². The van der Waals surface area contributed by atoms with Crippen LogP contribution in [0.5, 0.6) is 0 Å². The highest BCUT2D eigenvalue weighted by atomic mass is 16.6. The largest absolute Gasteiger partial charge is 0.444 e. The van der Waals surface area contributed by atoms with Crippen molar-refractivity contribution in [3.8, 4) is 0 Å². The lowest BCUT2D eigenvalue weighted by atomic mass is 10.00. The van der Waals surface area contributed by atoms with Gasteiger partial charge in [0.25, 0.3) is 0 Å². The van der Waals surface area contributed by atoms with Gasteiger partial charge in [-0.05, 0) is 51.0 Å². The van der Waals surface area contributed by atoms with Gasteiger partial charge in [0.15, 0.2) is 6.23 Å². The minimum Gasteiger partial charge on any atom is -0.444 e. The lowest BCUT2D eigenvalue weighted by Gasteiger charge is -2.27. The molecule has 3 N–H and O–H groups in total. The van der Waals surface area contributed by atoms with Gasteiger partial charge >= 0.3 is 12.1 Å². The van der Waals surface area contributed by atoms with Crippen molar-refractivity contribution in [2.75, 3.05) is 0 Å². The second-order valence-corrected chi connectivity index (χ2v) is 10.8. The summed E-state index contributed by atoms with van der Waals surface area (Å²) < 4.78 is 10.6. The van der Waals surface area contributed by atoms with Crippen LogP contribution >= 0.6 is 0 Å². The highest BCUT2D eigenvalue weighted by Crippen LogP contribution is 2.12. The van der Waals surface area contributed by atoms with E-state index in [1.54, 1.807) is 20.8 Å². The topological polar surface area (TPSA) is 123 Å². The first-order valence-corrected chi connectivity index (χ1v) is 12.5. The standard InChI is InChI=1S/C27H43N3O6/c1-17(2)14-21(25(33)30-23(35-19(5)31)16-20-12-10-9-11-13-20)28-24(32)22(15-18(3)4)29-26(34)36-27(6,7)8/h9-13,17-18,21-23H,14-16H2,1-8H3,(H,28,32)(H,29,34)(H,30,33)/t21-,22-,23+/m0/s1. The second kappa shape index (κ2) is 14.5. The maximum Gasteiger partial charge on any atom is 0.408 e. The molecule has 0 saturated heterocycles. The number of carbonyl (C=O) groups is 4. The van der Waals surface area contributed by atoms with E-state index in [1.807, 2.05) is 58.0 Å². The summed E-state index contributed by atoms with van der Waals surface area (Å²) in [5.41, 5.74) is 0.167. The molecular formula is C27H43N3O6. The van der Waals surface area contributed by atoms with Gasteiger partial charge in [-0.2, -0.15) is 0 Å². The Labute approximate surface area is 215 Å². The molecule has 9 nitrogen and oxygen atoms in total. The third-order valence-corrected chi connectivity index (χ3v) is 4.93. The average Bonchev–Trinajstić information content (AvgIpc) is 2.70. The molecule has 36 heavy (non-hydrogen) atoms. The summed E-state index contributed by atoms with van der Waals surface area (Å²) in [6.07, 6.45) is -0.590. The van der Waals surface area contributed by atoms with Crippen LogP contribution in [0, 0.1) is 11.8 Å². The van der Waals surface area contributed by atoms with Crippen molar-refractivity contribution in [2.24, 2.45) is 11.8 Å². The monoisotopic (exact) mass is 505 g/mol. The van der Waals surface area contributed by atoms with Crippen LogP contribution in [0.2, 0.25) is 0 Å². The van der Waals surface area contributed by atoms with Crippen LogP contribution in [0.1, 0.15) is 73.8 Å². The van der Waals surface area contributed by atoms with Gasteiger partial charge in [-0.1, -0.05) is 58.0 Å². The predicted octanol–water partition coefficient (Wildman–Crippen LogP) is 3.70. The van der Waals surface area contributed by atoms with Gasteiger partial charge in [0.05, 0.1) is 0 Å². The van der Waals surface area contributed by atoms with E-state index in [9.17, 15) is 19.2 Å². The van der Waals surface area contributed by atoms with Crippen molar-refractivity contribution in [1.29, 1.82) is 0 Å². The Kier molecular flexibility index (Phi) is 12.4. The summed E-state index contributed by atoms with van der Waals surface area (Å²) in [7, 11) is 0. The molecule has 202 valence electrons. The van der Waals surface area contributed by atoms with E-state index < -0.39 is 47.8 Å². The van der Waals surface area contributed by atoms with Crippen LogP contribution in [-0.2, 0) is 30.3 Å². The Morgan fingerprint density at radius 2 is 1.31 bits per heavy atom. The summed E-state index contributed by atoms with van der Waals surface area (Å²) >= 11 is 0. The summed E-state index contributed by atoms with van der Waals surface area (Å²) in [5, 5.41) is 8.16. The van der Waals surface area contributed by atoms with Gasteiger partial charge in [-0.25, -0.2) is 4.79 Å². The van der Waals surface area contributed by atoms with Gasteiger partial charge in [0.1, 0.15) is 17.7 Å². The van der Waals surface area contributed by atoms with E-state index in [-0.39, 0.29) is 18.3 Å². The maximum absolute atomic E-state index is 13.2. The maximum atomic E-state index is 13.2. The highest BCUT2D eigenvalue weighted by molar-refractivity contribution is 5.91. The Morgan fingerprint density at radius 1 is 0.806 bits per heavy atom. The van der Waals surface area contributed by atoms with E-state index in [0.717, 1.165) is 5.56 Å².